The van der Waals surface area contributed by atoms with E-state index in [4.69, 9.17) is 4.42 Å². The Morgan fingerprint density at radius 1 is 1.35 bits per heavy atom. The zero-order chi connectivity index (χ0) is 16.6. The monoisotopic (exact) mass is 318 g/mol. The van der Waals surface area contributed by atoms with Crippen molar-refractivity contribution in [1.29, 1.82) is 0 Å². The normalized spacial score (nSPS) is 19.1. The van der Waals surface area contributed by atoms with Crippen LogP contribution in [0.1, 0.15) is 23.3 Å². The van der Waals surface area contributed by atoms with E-state index in [1.807, 2.05) is 31.7 Å². The maximum absolute atomic E-state index is 12.5. The number of aromatic nitrogens is 3. The number of urea groups is 1. The second kappa shape index (κ2) is 6.04. The molecular weight excluding hydrogens is 296 g/mol. The summed E-state index contributed by atoms with van der Waals surface area (Å²) >= 11 is 0. The molecule has 1 fully saturated rings. The number of rotatable bonds is 2. The van der Waals surface area contributed by atoms with Crippen molar-refractivity contribution in [3.05, 3.63) is 29.7 Å². The number of anilines is 1. The number of imidazole rings is 1. The summed E-state index contributed by atoms with van der Waals surface area (Å²) in [7, 11) is 4.02. The summed E-state index contributed by atoms with van der Waals surface area (Å²) in [6.07, 6.45) is 3.70. The van der Waals surface area contributed by atoms with Gasteiger partial charge in [-0.2, -0.15) is 4.98 Å². The van der Waals surface area contributed by atoms with Crippen molar-refractivity contribution in [2.24, 2.45) is 7.05 Å². The molecular formula is C15H22N6O2. The highest BCUT2D eigenvalue weighted by Crippen LogP contribution is 2.23. The molecule has 1 aliphatic heterocycles. The van der Waals surface area contributed by atoms with Crippen LogP contribution in [0.4, 0.5) is 10.8 Å². The van der Waals surface area contributed by atoms with Crippen molar-refractivity contribution in [1.82, 2.24) is 24.3 Å². The molecule has 8 nitrogen and oxygen atoms in total. The van der Waals surface area contributed by atoms with Gasteiger partial charge in [-0.25, -0.2) is 9.78 Å². The number of carbonyl (C=O) groups excluding carboxylic acids is 1. The van der Waals surface area contributed by atoms with E-state index in [0.29, 0.717) is 18.8 Å². The van der Waals surface area contributed by atoms with Crippen LogP contribution in [-0.2, 0) is 7.05 Å². The number of carbonyl (C=O) groups is 1. The minimum atomic E-state index is -0.196. The molecule has 1 saturated heterocycles. The van der Waals surface area contributed by atoms with Gasteiger partial charge in [0.1, 0.15) is 11.6 Å². The number of nitrogens with one attached hydrogen (secondary N) is 1. The maximum atomic E-state index is 12.5. The molecule has 0 bridgehead atoms. The van der Waals surface area contributed by atoms with E-state index in [1.165, 1.54) is 0 Å². The third-order valence-corrected chi connectivity index (χ3v) is 4.33. The van der Waals surface area contributed by atoms with Crippen molar-refractivity contribution in [3.63, 3.8) is 0 Å². The lowest BCUT2D eigenvalue weighted by Gasteiger charge is -2.38. The molecule has 0 spiro atoms. The molecule has 1 N–H and O–H groups in total. The average Bonchev–Trinajstić information content (AvgIpc) is 3.05. The predicted molar refractivity (Wildman–Crippen MR) is 85.1 cm³/mol. The number of hydrogen-bond donors (Lipinski definition) is 1. The van der Waals surface area contributed by atoms with Crippen molar-refractivity contribution in [2.75, 3.05) is 32.0 Å². The minimum Gasteiger partial charge on any atom is -0.428 e. The summed E-state index contributed by atoms with van der Waals surface area (Å²) in [5.41, 5.74) is 0.782. The molecule has 1 aliphatic rings. The smallest absolute Gasteiger partial charge is 0.325 e. The lowest BCUT2D eigenvalue weighted by molar-refractivity contribution is 0.110. The lowest BCUT2D eigenvalue weighted by atomic mass is 10.1. The van der Waals surface area contributed by atoms with Gasteiger partial charge in [-0.1, -0.05) is 0 Å². The molecule has 3 heterocycles. The molecule has 2 aromatic heterocycles. The lowest BCUT2D eigenvalue weighted by Crippen LogP contribution is -2.50. The zero-order valence-corrected chi connectivity index (χ0v) is 13.9. The van der Waals surface area contributed by atoms with Crippen LogP contribution >= 0.6 is 0 Å². The van der Waals surface area contributed by atoms with Crippen LogP contribution in [0.5, 0.6) is 0 Å². The van der Waals surface area contributed by atoms with Gasteiger partial charge in [0.2, 0.25) is 0 Å². The van der Waals surface area contributed by atoms with Crippen LogP contribution in [0.25, 0.3) is 0 Å². The Hall–Kier alpha value is -2.35. The highest BCUT2D eigenvalue weighted by atomic mass is 16.4. The Labute approximate surface area is 135 Å². The van der Waals surface area contributed by atoms with Gasteiger partial charge in [0, 0.05) is 39.1 Å². The topological polar surface area (TPSA) is 79.4 Å². The molecule has 0 aliphatic carbocycles. The van der Waals surface area contributed by atoms with Crippen LogP contribution < -0.4 is 5.32 Å². The first kappa shape index (κ1) is 15.5. The molecule has 2 amide bonds. The maximum Gasteiger partial charge on any atom is 0.325 e. The summed E-state index contributed by atoms with van der Waals surface area (Å²) in [5.74, 6) is 1.66. The van der Waals surface area contributed by atoms with Crippen LogP contribution in [-0.4, -0.2) is 57.0 Å². The van der Waals surface area contributed by atoms with Gasteiger partial charge in [-0.05, 0) is 20.9 Å². The van der Waals surface area contributed by atoms with Gasteiger partial charge in [0.15, 0.2) is 0 Å². The van der Waals surface area contributed by atoms with Gasteiger partial charge < -0.3 is 13.9 Å². The molecule has 0 unspecified atom stereocenters. The molecule has 0 radical (unpaired) electrons. The van der Waals surface area contributed by atoms with Gasteiger partial charge in [-0.3, -0.25) is 10.2 Å². The fourth-order valence-corrected chi connectivity index (χ4v) is 2.73. The third kappa shape index (κ3) is 3.07. The average molecular weight is 318 g/mol. The fourth-order valence-electron chi connectivity index (χ4n) is 2.73. The first-order valence-electron chi connectivity index (χ1n) is 7.63. The van der Waals surface area contributed by atoms with Crippen molar-refractivity contribution in [3.8, 4) is 0 Å². The highest BCUT2D eigenvalue weighted by molar-refractivity contribution is 5.87. The number of nitrogens with zero attached hydrogens (tertiary/aromatic N) is 5. The molecule has 2 aromatic rings. The second-order valence-electron chi connectivity index (χ2n) is 5.93. The Bertz CT molecular complexity index is 687. The molecule has 8 heteroatoms. The van der Waals surface area contributed by atoms with Crippen LogP contribution in [0.3, 0.4) is 0 Å². The summed E-state index contributed by atoms with van der Waals surface area (Å²) < 4.78 is 7.41. The Kier molecular flexibility index (Phi) is 4.08. The molecule has 0 saturated carbocycles. The minimum absolute atomic E-state index is 0.0718. The third-order valence-electron chi connectivity index (χ3n) is 4.33. The van der Waals surface area contributed by atoms with Crippen LogP contribution in [0, 0.1) is 13.8 Å². The first-order valence-corrected chi connectivity index (χ1v) is 7.63. The summed E-state index contributed by atoms with van der Waals surface area (Å²) in [4.78, 5) is 25.1. The molecule has 23 heavy (non-hydrogen) atoms. The standard InChI is InChI=1S/C15H22N6O2/c1-10-11(2)23-14(17-10)18-15(22)21-8-7-19(3)12(9-21)13-16-5-6-20(13)4/h5-6,12H,7-9H2,1-4H3,(H,17,18,22)/t12-/m0/s1. The number of amides is 2. The summed E-state index contributed by atoms with van der Waals surface area (Å²) in [5, 5.41) is 2.73. The number of likely N-dealkylation sites (N-methyl/N-ethyl adjacent to an activating group) is 1. The largest absolute Gasteiger partial charge is 0.428 e. The van der Waals surface area contributed by atoms with Gasteiger partial charge in [0.25, 0.3) is 0 Å². The number of oxazole rings is 1. The highest BCUT2D eigenvalue weighted by Gasteiger charge is 2.31. The van der Waals surface area contributed by atoms with Crippen molar-refractivity contribution < 1.29 is 9.21 Å². The molecule has 1 atom stereocenters. The van der Waals surface area contributed by atoms with E-state index in [1.54, 1.807) is 11.1 Å². The quantitative estimate of drug-likeness (QED) is 0.909. The van der Waals surface area contributed by atoms with Crippen molar-refractivity contribution in [2.45, 2.75) is 19.9 Å². The first-order chi connectivity index (χ1) is 11.0. The summed E-state index contributed by atoms with van der Waals surface area (Å²) in [6, 6.07) is 0.124. The summed E-state index contributed by atoms with van der Waals surface area (Å²) in [6.45, 7) is 5.69. The van der Waals surface area contributed by atoms with Crippen LogP contribution in [0.15, 0.2) is 16.8 Å². The van der Waals surface area contributed by atoms with E-state index in [0.717, 1.165) is 18.1 Å². The molecule has 124 valence electrons. The fraction of sp³-hybridized carbons (Fsp3) is 0.533. The van der Waals surface area contributed by atoms with E-state index < -0.39 is 0 Å². The van der Waals surface area contributed by atoms with Gasteiger partial charge in [-0.15, -0.1) is 0 Å². The molecule has 3 rings (SSSR count). The van der Waals surface area contributed by atoms with E-state index in [2.05, 4.69) is 27.2 Å². The Morgan fingerprint density at radius 3 is 2.74 bits per heavy atom. The van der Waals surface area contributed by atoms with Crippen LogP contribution in [0.2, 0.25) is 0 Å². The van der Waals surface area contributed by atoms with E-state index in [9.17, 15) is 4.79 Å². The van der Waals surface area contributed by atoms with E-state index in [-0.39, 0.29) is 18.1 Å². The SMILES string of the molecule is Cc1nc(NC(=O)N2CCN(C)[C@H](c3nccn3C)C2)oc1C. The number of aryl methyl sites for hydroxylation is 3. The predicted octanol–water partition coefficient (Wildman–Crippen LogP) is 1.55. The Balaban J connectivity index is 1.70. The number of piperazine rings is 1. The van der Waals surface area contributed by atoms with Gasteiger partial charge in [0.05, 0.1) is 11.7 Å². The van der Waals surface area contributed by atoms with Crippen molar-refractivity contribution >= 4 is 12.0 Å². The van der Waals surface area contributed by atoms with E-state index >= 15 is 0 Å². The Morgan fingerprint density at radius 2 is 2.13 bits per heavy atom. The van der Waals surface area contributed by atoms with Gasteiger partial charge >= 0.3 is 12.0 Å². The number of hydrogen-bond acceptors (Lipinski definition) is 5. The zero-order valence-electron chi connectivity index (χ0n) is 13.9. The molecule has 0 aromatic carbocycles. The second-order valence-corrected chi connectivity index (χ2v) is 5.93.